The Morgan fingerprint density at radius 3 is 2.50 bits per heavy atom. The number of hydrogen-bond acceptors (Lipinski definition) is 2. The van der Waals surface area contributed by atoms with Crippen LogP contribution in [0.5, 0.6) is 0 Å². The van der Waals surface area contributed by atoms with Crippen molar-refractivity contribution in [2.45, 2.75) is 32.2 Å². The number of halogens is 2. The minimum Gasteiger partial charge on any atom is -0.350 e. The van der Waals surface area contributed by atoms with Gasteiger partial charge in [-0.2, -0.15) is 5.26 Å². The van der Waals surface area contributed by atoms with Crippen LogP contribution in [0, 0.1) is 11.3 Å². The van der Waals surface area contributed by atoms with Crippen molar-refractivity contribution in [1.82, 2.24) is 5.32 Å². The Morgan fingerprint density at radius 2 is 1.88 bits per heavy atom. The first-order chi connectivity index (χ1) is 11.5. The van der Waals surface area contributed by atoms with Gasteiger partial charge in [0.05, 0.1) is 27.7 Å². The quantitative estimate of drug-likeness (QED) is 0.781. The molecule has 0 aliphatic heterocycles. The van der Waals surface area contributed by atoms with Gasteiger partial charge < -0.3 is 5.32 Å². The number of amides is 1. The van der Waals surface area contributed by atoms with Gasteiger partial charge in [-0.1, -0.05) is 41.4 Å². The average molecular weight is 361 g/mol. The molecular weight excluding hydrogens is 343 g/mol. The third-order valence-corrected chi connectivity index (χ3v) is 4.51. The lowest BCUT2D eigenvalue weighted by Gasteiger charge is -2.14. The summed E-state index contributed by atoms with van der Waals surface area (Å²) < 4.78 is 0. The summed E-state index contributed by atoms with van der Waals surface area (Å²) in [7, 11) is 0. The molecular formula is C19H18Cl2N2O. The van der Waals surface area contributed by atoms with Gasteiger partial charge in [-0.15, -0.1) is 0 Å². The van der Waals surface area contributed by atoms with Crippen molar-refractivity contribution in [3.63, 3.8) is 0 Å². The Bertz CT molecular complexity index is 751. The van der Waals surface area contributed by atoms with Gasteiger partial charge in [-0.05, 0) is 55.2 Å². The van der Waals surface area contributed by atoms with Crippen LogP contribution in [-0.2, 0) is 11.2 Å². The zero-order valence-corrected chi connectivity index (χ0v) is 14.9. The molecule has 0 aromatic heterocycles. The smallest absolute Gasteiger partial charge is 0.220 e. The zero-order valence-electron chi connectivity index (χ0n) is 13.4. The molecule has 0 radical (unpaired) electrons. The molecule has 2 rings (SSSR count). The number of nitrogens with one attached hydrogen (secondary N) is 1. The normalized spacial score (nSPS) is 11.6. The van der Waals surface area contributed by atoms with Crippen LogP contribution in [0.2, 0.25) is 10.0 Å². The Kier molecular flexibility index (Phi) is 6.66. The van der Waals surface area contributed by atoms with E-state index in [0.717, 1.165) is 24.0 Å². The monoisotopic (exact) mass is 360 g/mol. The van der Waals surface area contributed by atoms with Crippen LogP contribution < -0.4 is 5.32 Å². The maximum Gasteiger partial charge on any atom is 0.220 e. The highest BCUT2D eigenvalue weighted by Gasteiger charge is 2.09. The first-order valence-electron chi connectivity index (χ1n) is 7.73. The molecule has 0 bridgehead atoms. The van der Waals surface area contributed by atoms with E-state index in [2.05, 4.69) is 11.4 Å². The molecule has 0 heterocycles. The largest absolute Gasteiger partial charge is 0.350 e. The third kappa shape index (κ3) is 5.26. The zero-order chi connectivity index (χ0) is 17.5. The summed E-state index contributed by atoms with van der Waals surface area (Å²) in [6.07, 6.45) is 1.96. The molecule has 3 nitrogen and oxygen atoms in total. The van der Waals surface area contributed by atoms with E-state index in [0.29, 0.717) is 22.0 Å². The van der Waals surface area contributed by atoms with E-state index in [-0.39, 0.29) is 11.9 Å². The topological polar surface area (TPSA) is 52.9 Å². The van der Waals surface area contributed by atoms with Crippen molar-refractivity contribution in [2.75, 3.05) is 0 Å². The Hall–Kier alpha value is -2.02. The molecule has 2 aromatic carbocycles. The fourth-order valence-corrected chi connectivity index (χ4v) is 2.71. The van der Waals surface area contributed by atoms with Crippen LogP contribution in [0.4, 0.5) is 0 Å². The maximum absolute atomic E-state index is 12.1. The van der Waals surface area contributed by atoms with E-state index < -0.39 is 0 Å². The highest BCUT2D eigenvalue weighted by Crippen LogP contribution is 2.23. The Balaban J connectivity index is 1.79. The van der Waals surface area contributed by atoms with Crippen LogP contribution in [-0.4, -0.2) is 5.91 Å². The van der Waals surface area contributed by atoms with Gasteiger partial charge in [0.2, 0.25) is 5.91 Å². The standard InChI is InChI=1S/C19H18Cl2N2O/c1-13(16-8-5-15(12-22)6-9-16)23-19(24)4-2-3-14-7-10-17(20)18(21)11-14/h5-11,13H,2-4H2,1H3,(H,23,24). The van der Waals surface area contributed by atoms with Gasteiger partial charge in [0.25, 0.3) is 0 Å². The van der Waals surface area contributed by atoms with Crippen LogP contribution >= 0.6 is 23.2 Å². The van der Waals surface area contributed by atoms with Gasteiger partial charge in [-0.3, -0.25) is 4.79 Å². The lowest BCUT2D eigenvalue weighted by atomic mass is 10.1. The van der Waals surface area contributed by atoms with Crippen LogP contribution in [0.1, 0.15) is 42.5 Å². The van der Waals surface area contributed by atoms with Crippen molar-refractivity contribution in [3.8, 4) is 6.07 Å². The van der Waals surface area contributed by atoms with Crippen molar-refractivity contribution < 1.29 is 4.79 Å². The number of nitrogens with zero attached hydrogens (tertiary/aromatic N) is 1. The van der Waals surface area contributed by atoms with E-state index in [9.17, 15) is 4.79 Å². The van der Waals surface area contributed by atoms with E-state index in [1.54, 1.807) is 18.2 Å². The fraction of sp³-hybridized carbons (Fsp3) is 0.263. The number of aryl methyl sites for hydroxylation is 1. The predicted molar refractivity (Wildman–Crippen MR) is 97.1 cm³/mol. The van der Waals surface area contributed by atoms with Gasteiger partial charge in [0, 0.05) is 6.42 Å². The highest BCUT2D eigenvalue weighted by atomic mass is 35.5. The molecule has 1 N–H and O–H groups in total. The lowest BCUT2D eigenvalue weighted by Crippen LogP contribution is -2.26. The maximum atomic E-state index is 12.1. The molecule has 1 unspecified atom stereocenters. The van der Waals surface area contributed by atoms with Crippen molar-refractivity contribution in [1.29, 1.82) is 5.26 Å². The van der Waals surface area contributed by atoms with Crippen LogP contribution in [0.15, 0.2) is 42.5 Å². The van der Waals surface area contributed by atoms with Gasteiger partial charge in [0.15, 0.2) is 0 Å². The first-order valence-corrected chi connectivity index (χ1v) is 8.48. The molecule has 0 fully saturated rings. The minimum atomic E-state index is -0.0878. The molecule has 0 aliphatic carbocycles. The van der Waals surface area contributed by atoms with Crippen LogP contribution in [0.3, 0.4) is 0 Å². The molecule has 1 atom stereocenters. The number of hydrogen-bond donors (Lipinski definition) is 1. The van der Waals surface area contributed by atoms with Crippen molar-refractivity contribution in [3.05, 3.63) is 69.2 Å². The summed E-state index contributed by atoms with van der Waals surface area (Å²) in [5.74, 6) is 0.00641. The number of nitriles is 1. The summed E-state index contributed by atoms with van der Waals surface area (Å²) in [5, 5.41) is 12.8. The number of carbonyl (C=O) groups excluding carboxylic acids is 1. The second-order valence-corrected chi connectivity index (χ2v) is 6.44. The van der Waals surface area contributed by atoms with E-state index in [1.807, 2.05) is 31.2 Å². The van der Waals surface area contributed by atoms with Gasteiger partial charge in [-0.25, -0.2) is 0 Å². The number of carbonyl (C=O) groups is 1. The average Bonchev–Trinajstić information content (AvgIpc) is 2.58. The van der Waals surface area contributed by atoms with E-state index in [4.69, 9.17) is 28.5 Å². The fourth-order valence-electron chi connectivity index (χ4n) is 2.39. The molecule has 0 aliphatic rings. The summed E-state index contributed by atoms with van der Waals surface area (Å²) in [6.45, 7) is 1.93. The van der Waals surface area contributed by atoms with E-state index in [1.165, 1.54) is 0 Å². The summed E-state index contributed by atoms with van der Waals surface area (Å²) in [4.78, 5) is 12.1. The number of benzene rings is 2. The molecule has 0 saturated heterocycles. The van der Waals surface area contributed by atoms with Gasteiger partial charge in [0.1, 0.15) is 0 Å². The van der Waals surface area contributed by atoms with Crippen molar-refractivity contribution >= 4 is 29.1 Å². The van der Waals surface area contributed by atoms with E-state index >= 15 is 0 Å². The first kappa shape index (κ1) is 18.3. The molecule has 5 heteroatoms. The predicted octanol–water partition coefficient (Wildman–Crippen LogP) is 5.07. The summed E-state index contributed by atoms with van der Waals surface area (Å²) in [6, 6.07) is 14.7. The highest BCUT2D eigenvalue weighted by molar-refractivity contribution is 6.42. The van der Waals surface area contributed by atoms with Gasteiger partial charge >= 0.3 is 0 Å². The molecule has 24 heavy (non-hydrogen) atoms. The van der Waals surface area contributed by atoms with Crippen LogP contribution in [0.25, 0.3) is 0 Å². The molecule has 0 saturated carbocycles. The van der Waals surface area contributed by atoms with Crippen molar-refractivity contribution in [2.24, 2.45) is 0 Å². The summed E-state index contributed by atoms with van der Waals surface area (Å²) >= 11 is 11.9. The lowest BCUT2D eigenvalue weighted by molar-refractivity contribution is -0.121. The summed E-state index contributed by atoms with van der Waals surface area (Å²) in [5.41, 5.74) is 2.66. The molecule has 2 aromatic rings. The molecule has 124 valence electrons. The second kappa shape index (κ2) is 8.73. The SMILES string of the molecule is CC(NC(=O)CCCc1ccc(Cl)c(Cl)c1)c1ccc(C#N)cc1. The molecule has 1 amide bonds. The third-order valence-electron chi connectivity index (χ3n) is 3.77. The molecule has 0 spiro atoms. The minimum absolute atomic E-state index is 0.00641. The second-order valence-electron chi connectivity index (χ2n) is 5.63. The number of rotatable bonds is 6. The Labute approximate surface area is 152 Å². The Morgan fingerprint density at radius 1 is 1.17 bits per heavy atom.